The van der Waals surface area contributed by atoms with E-state index in [-0.39, 0.29) is 17.9 Å². The van der Waals surface area contributed by atoms with E-state index < -0.39 is 0 Å². The monoisotopic (exact) mass is 433 g/mol. The number of benzene rings is 2. The fourth-order valence-electron chi connectivity index (χ4n) is 3.66. The molecule has 1 aliphatic rings. The molecule has 2 heterocycles. The number of carbonyl (C=O) groups excluding carboxylic acids is 2. The molecule has 1 aromatic heterocycles. The largest absolute Gasteiger partial charge is 0.489 e. The minimum absolute atomic E-state index is 0.0752. The number of nitrogens with zero attached hydrogens (tertiary/aromatic N) is 2. The Kier molecular flexibility index (Phi) is 6.87. The van der Waals surface area contributed by atoms with Crippen LogP contribution in [0.3, 0.4) is 0 Å². The van der Waals surface area contributed by atoms with Crippen molar-refractivity contribution in [2.45, 2.75) is 19.6 Å². The topological polar surface area (TPSA) is 75.0 Å². The smallest absolute Gasteiger partial charge is 0.289 e. The highest BCUT2D eigenvalue weighted by molar-refractivity contribution is 5.94. The molecule has 0 aliphatic carbocycles. The molecule has 1 saturated heterocycles. The van der Waals surface area contributed by atoms with Crippen molar-refractivity contribution in [3.05, 3.63) is 84.3 Å². The van der Waals surface area contributed by atoms with E-state index in [1.807, 2.05) is 61.5 Å². The van der Waals surface area contributed by atoms with E-state index in [0.29, 0.717) is 38.5 Å². The molecule has 4 rings (SSSR count). The van der Waals surface area contributed by atoms with E-state index in [0.717, 1.165) is 17.0 Å². The summed E-state index contributed by atoms with van der Waals surface area (Å²) in [5.41, 5.74) is 1.82. The third-order valence-electron chi connectivity index (χ3n) is 5.63. The lowest BCUT2D eigenvalue weighted by atomic mass is 10.2. The predicted molar refractivity (Wildman–Crippen MR) is 121 cm³/mol. The van der Waals surface area contributed by atoms with Crippen LogP contribution in [0.4, 0.5) is 5.69 Å². The number of piperazine rings is 1. The van der Waals surface area contributed by atoms with E-state index in [9.17, 15) is 9.59 Å². The Bertz CT molecular complexity index is 1010. The van der Waals surface area contributed by atoms with Crippen LogP contribution in [0.15, 0.2) is 77.4 Å². The number of hydrogen-bond donors (Lipinski definition) is 1. The Morgan fingerprint density at radius 2 is 1.69 bits per heavy atom. The molecule has 2 amide bonds. The van der Waals surface area contributed by atoms with Crippen molar-refractivity contribution in [3.8, 4) is 5.75 Å². The van der Waals surface area contributed by atoms with Gasteiger partial charge in [0.05, 0.1) is 12.3 Å². The van der Waals surface area contributed by atoms with Crippen molar-refractivity contribution in [1.29, 1.82) is 0 Å². The van der Waals surface area contributed by atoms with Gasteiger partial charge in [0.25, 0.3) is 5.91 Å². The third kappa shape index (κ3) is 5.36. The molecule has 1 atom stereocenters. The van der Waals surface area contributed by atoms with Crippen LogP contribution in [0.25, 0.3) is 0 Å². The summed E-state index contributed by atoms with van der Waals surface area (Å²) in [7, 11) is 0. The normalized spacial score (nSPS) is 15.2. The maximum absolute atomic E-state index is 12.7. The lowest BCUT2D eigenvalue weighted by molar-refractivity contribution is -0.121. The van der Waals surface area contributed by atoms with Crippen LogP contribution < -0.4 is 10.1 Å². The number of nitrogens with one attached hydrogen (secondary N) is 1. The summed E-state index contributed by atoms with van der Waals surface area (Å²) >= 11 is 0. The molecule has 0 bridgehead atoms. The second-order valence-electron chi connectivity index (χ2n) is 7.77. The molecule has 166 valence electrons. The molecule has 0 unspecified atom stereocenters. The summed E-state index contributed by atoms with van der Waals surface area (Å²) in [5, 5.41) is 2.96. The second-order valence-corrected chi connectivity index (χ2v) is 7.77. The Balaban J connectivity index is 1.24. The molecule has 1 aliphatic heterocycles. The van der Waals surface area contributed by atoms with Crippen LogP contribution >= 0.6 is 0 Å². The lowest BCUT2D eigenvalue weighted by Gasteiger charge is -2.37. The quantitative estimate of drug-likeness (QED) is 0.616. The highest BCUT2D eigenvalue weighted by Gasteiger charge is 2.28. The second kappa shape index (κ2) is 10.2. The number of ether oxygens (including phenoxy) is 1. The summed E-state index contributed by atoms with van der Waals surface area (Å²) in [6.07, 6.45) is 1.50. The summed E-state index contributed by atoms with van der Waals surface area (Å²) in [4.78, 5) is 29.0. The average Bonchev–Trinajstić information content (AvgIpc) is 3.38. The molecule has 0 spiro atoms. The van der Waals surface area contributed by atoms with Crippen molar-refractivity contribution in [1.82, 2.24) is 9.80 Å². The Morgan fingerprint density at radius 3 is 2.34 bits per heavy atom. The van der Waals surface area contributed by atoms with Crippen molar-refractivity contribution < 1.29 is 18.7 Å². The molecule has 0 radical (unpaired) electrons. The van der Waals surface area contributed by atoms with Crippen molar-refractivity contribution >= 4 is 17.5 Å². The highest BCUT2D eigenvalue weighted by atomic mass is 16.5. The number of anilines is 1. The molecule has 1 N–H and O–H groups in total. The Morgan fingerprint density at radius 1 is 0.969 bits per heavy atom. The molecular formula is C25H27N3O4. The number of rotatable bonds is 7. The number of carbonyl (C=O) groups is 2. The SMILES string of the molecule is C[C@@H](C(=O)Nc1ccc(OCc2ccccc2)cc1)N1CCN(C(=O)c2ccco2)CC1. The van der Waals surface area contributed by atoms with E-state index in [1.54, 1.807) is 17.0 Å². The molecule has 2 aromatic carbocycles. The first-order valence-electron chi connectivity index (χ1n) is 10.7. The van der Waals surface area contributed by atoms with Gasteiger partial charge in [-0.05, 0) is 48.9 Å². The van der Waals surface area contributed by atoms with E-state index in [2.05, 4.69) is 10.2 Å². The minimum atomic E-state index is -0.301. The van der Waals surface area contributed by atoms with Crippen LogP contribution in [0.2, 0.25) is 0 Å². The summed E-state index contributed by atoms with van der Waals surface area (Å²) in [5.74, 6) is 0.910. The number of amides is 2. The standard InChI is InChI=1S/C25H27N3O4/c1-19(27-13-15-28(16-14-27)25(30)23-8-5-17-31-23)24(29)26-21-9-11-22(12-10-21)32-18-20-6-3-2-4-7-20/h2-12,17,19H,13-16,18H2,1H3,(H,26,29)/t19-/m0/s1. The van der Waals surface area contributed by atoms with E-state index >= 15 is 0 Å². The fraction of sp³-hybridized carbons (Fsp3) is 0.280. The van der Waals surface area contributed by atoms with Gasteiger partial charge in [0.1, 0.15) is 12.4 Å². The van der Waals surface area contributed by atoms with Crippen LogP contribution in [0, 0.1) is 0 Å². The highest BCUT2D eigenvalue weighted by Crippen LogP contribution is 2.18. The third-order valence-corrected chi connectivity index (χ3v) is 5.63. The maximum Gasteiger partial charge on any atom is 0.289 e. The van der Waals surface area contributed by atoms with Crippen LogP contribution in [0.5, 0.6) is 5.75 Å². The lowest BCUT2D eigenvalue weighted by Crippen LogP contribution is -2.54. The van der Waals surface area contributed by atoms with Gasteiger partial charge in [-0.15, -0.1) is 0 Å². The average molecular weight is 434 g/mol. The van der Waals surface area contributed by atoms with Crippen LogP contribution in [-0.4, -0.2) is 53.8 Å². The van der Waals surface area contributed by atoms with E-state index in [4.69, 9.17) is 9.15 Å². The van der Waals surface area contributed by atoms with Gasteiger partial charge in [0.15, 0.2) is 5.76 Å². The first-order chi connectivity index (χ1) is 15.6. The van der Waals surface area contributed by atoms with Crippen molar-refractivity contribution in [2.75, 3.05) is 31.5 Å². The molecule has 7 heteroatoms. The number of furan rings is 1. The maximum atomic E-state index is 12.7. The summed E-state index contributed by atoms with van der Waals surface area (Å²) in [6, 6.07) is 20.4. The van der Waals surface area contributed by atoms with Gasteiger partial charge in [0.2, 0.25) is 5.91 Å². The van der Waals surface area contributed by atoms with E-state index in [1.165, 1.54) is 6.26 Å². The van der Waals surface area contributed by atoms with Gasteiger partial charge in [-0.3, -0.25) is 14.5 Å². The Labute approximate surface area is 187 Å². The first kappa shape index (κ1) is 21.6. The van der Waals surface area contributed by atoms with Gasteiger partial charge in [-0.1, -0.05) is 30.3 Å². The zero-order chi connectivity index (χ0) is 22.3. The molecule has 32 heavy (non-hydrogen) atoms. The zero-order valence-electron chi connectivity index (χ0n) is 18.1. The molecule has 7 nitrogen and oxygen atoms in total. The van der Waals surface area contributed by atoms with Gasteiger partial charge < -0.3 is 19.4 Å². The molecular weight excluding hydrogens is 406 g/mol. The number of hydrogen-bond acceptors (Lipinski definition) is 5. The molecule has 3 aromatic rings. The van der Waals surface area contributed by atoms with Crippen LogP contribution in [-0.2, 0) is 11.4 Å². The first-order valence-corrected chi connectivity index (χ1v) is 10.7. The molecule has 0 saturated carbocycles. The molecule has 1 fully saturated rings. The fourth-order valence-corrected chi connectivity index (χ4v) is 3.66. The van der Waals surface area contributed by atoms with Crippen LogP contribution in [0.1, 0.15) is 23.0 Å². The predicted octanol–water partition coefficient (Wildman–Crippen LogP) is 3.64. The van der Waals surface area contributed by atoms with Gasteiger partial charge in [-0.25, -0.2) is 0 Å². The minimum Gasteiger partial charge on any atom is -0.489 e. The summed E-state index contributed by atoms with van der Waals surface area (Å²) in [6.45, 7) is 4.77. The van der Waals surface area contributed by atoms with Gasteiger partial charge in [0, 0.05) is 31.9 Å². The van der Waals surface area contributed by atoms with Crippen molar-refractivity contribution in [2.24, 2.45) is 0 Å². The summed E-state index contributed by atoms with van der Waals surface area (Å²) < 4.78 is 11.0. The zero-order valence-corrected chi connectivity index (χ0v) is 18.1. The van der Waals surface area contributed by atoms with Gasteiger partial charge in [-0.2, -0.15) is 0 Å². The van der Waals surface area contributed by atoms with Crippen molar-refractivity contribution in [3.63, 3.8) is 0 Å². The Hall–Kier alpha value is -3.58. The van der Waals surface area contributed by atoms with Gasteiger partial charge >= 0.3 is 0 Å².